The largest absolute Gasteiger partial charge is 0.506 e. The number of amides is 1. The van der Waals surface area contributed by atoms with E-state index >= 15 is 0 Å². The van der Waals surface area contributed by atoms with Crippen LogP contribution in [0.15, 0.2) is 18.2 Å². The second-order valence-electron chi connectivity index (χ2n) is 6.07. The fourth-order valence-electron chi connectivity index (χ4n) is 1.73. The molecule has 0 unspecified atom stereocenters. The van der Waals surface area contributed by atoms with Gasteiger partial charge in [-0.15, -0.1) is 0 Å². The number of alkyl carbamates (subject to hydrolysis) is 1. The van der Waals surface area contributed by atoms with Crippen LogP contribution in [0.5, 0.6) is 5.75 Å². The quantitative estimate of drug-likeness (QED) is 0.582. The number of aromatic hydroxyl groups is 1. The van der Waals surface area contributed by atoms with Crippen molar-refractivity contribution in [1.82, 2.24) is 5.32 Å². The summed E-state index contributed by atoms with van der Waals surface area (Å²) in [6.07, 6.45) is -0.0622. The molecule has 0 spiro atoms. The molecule has 0 saturated carbocycles. The Kier molecular flexibility index (Phi) is 5.67. The lowest BCUT2D eigenvalue weighted by Gasteiger charge is -2.22. The van der Waals surface area contributed by atoms with Crippen LogP contribution in [0.4, 0.5) is 10.5 Å². The number of phenols is 1. The summed E-state index contributed by atoms with van der Waals surface area (Å²) in [4.78, 5) is 23.2. The van der Waals surface area contributed by atoms with E-state index in [-0.39, 0.29) is 17.0 Å². The van der Waals surface area contributed by atoms with E-state index in [0.29, 0.717) is 0 Å². The molecule has 10 heteroatoms. The molecule has 0 aromatic heterocycles. The highest BCUT2D eigenvalue weighted by Gasteiger charge is 2.26. The molecule has 4 N–H and O–H groups in total. The maximum absolute atomic E-state index is 11.8. The summed E-state index contributed by atoms with van der Waals surface area (Å²) in [7, 11) is -3.68. The van der Waals surface area contributed by atoms with Crippen molar-refractivity contribution in [1.29, 1.82) is 0 Å². The first-order chi connectivity index (χ1) is 10.8. The topological polar surface area (TPSA) is 142 Å². The second-order valence-corrected chi connectivity index (χ2v) is 7.82. The molecule has 0 radical (unpaired) electrons. The zero-order valence-electron chi connectivity index (χ0n) is 13.7. The molecule has 134 valence electrons. The molecule has 0 fully saturated rings. The lowest BCUT2D eigenvalue weighted by Crippen LogP contribution is -2.38. The monoisotopic (exact) mass is 360 g/mol. The number of rotatable bonds is 5. The van der Waals surface area contributed by atoms with Crippen LogP contribution < -0.4 is 10.0 Å². The third-order valence-electron chi connectivity index (χ3n) is 2.56. The maximum atomic E-state index is 11.8. The fraction of sp³-hybridized carbons (Fsp3) is 0.429. The van der Waals surface area contributed by atoms with Crippen LogP contribution in [0, 0.1) is 0 Å². The SMILES string of the molecule is CC(C)(C)OC(=O)N[C@@H](C(=O)O)c1ccc(O)c(NS(C)(=O)=O)c1. The van der Waals surface area contributed by atoms with Crippen molar-refractivity contribution in [2.45, 2.75) is 32.4 Å². The number of ether oxygens (including phenoxy) is 1. The number of anilines is 1. The third kappa shape index (κ3) is 6.32. The van der Waals surface area contributed by atoms with Gasteiger partial charge in [0.2, 0.25) is 10.0 Å². The zero-order valence-corrected chi connectivity index (χ0v) is 14.5. The average Bonchev–Trinajstić information content (AvgIpc) is 2.35. The molecule has 0 aliphatic heterocycles. The minimum Gasteiger partial charge on any atom is -0.506 e. The van der Waals surface area contributed by atoms with Crippen LogP contribution in [0.1, 0.15) is 32.4 Å². The molecule has 0 heterocycles. The number of benzene rings is 1. The first kappa shape index (κ1) is 19.6. The van der Waals surface area contributed by atoms with Gasteiger partial charge in [-0.1, -0.05) is 6.07 Å². The van der Waals surface area contributed by atoms with E-state index in [0.717, 1.165) is 18.4 Å². The maximum Gasteiger partial charge on any atom is 0.408 e. The van der Waals surface area contributed by atoms with Gasteiger partial charge in [-0.3, -0.25) is 4.72 Å². The lowest BCUT2D eigenvalue weighted by atomic mass is 10.1. The Morgan fingerprint density at radius 1 is 1.25 bits per heavy atom. The van der Waals surface area contributed by atoms with Crippen LogP contribution in [0.2, 0.25) is 0 Å². The van der Waals surface area contributed by atoms with Crippen molar-refractivity contribution >= 4 is 27.8 Å². The first-order valence-corrected chi connectivity index (χ1v) is 8.70. The molecule has 0 saturated heterocycles. The summed E-state index contributed by atoms with van der Waals surface area (Å²) in [6.45, 7) is 4.87. The van der Waals surface area contributed by atoms with Crippen LogP contribution in [0.25, 0.3) is 0 Å². The van der Waals surface area contributed by atoms with E-state index in [9.17, 15) is 28.2 Å². The van der Waals surface area contributed by atoms with E-state index in [1.165, 1.54) is 6.07 Å². The van der Waals surface area contributed by atoms with E-state index in [2.05, 4.69) is 10.0 Å². The summed E-state index contributed by atoms with van der Waals surface area (Å²) in [5, 5.41) is 21.1. The number of carbonyl (C=O) groups excluding carboxylic acids is 1. The average molecular weight is 360 g/mol. The number of aliphatic carboxylic acids is 1. The van der Waals surface area contributed by atoms with Crippen molar-refractivity contribution < 1.29 is 33.0 Å². The molecule has 1 rings (SSSR count). The first-order valence-electron chi connectivity index (χ1n) is 6.81. The molecule has 0 bridgehead atoms. The Balaban J connectivity index is 3.11. The fourth-order valence-corrected chi connectivity index (χ4v) is 2.29. The number of hydrogen-bond acceptors (Lipinski definition) is 6. The van der Waals surface area contributed by atoms with Gasteiger partial charge >= 0.3 is 12.1 Å². The van der Waals surface area contributed by atoms with Gasteiger partial charge in [-0.05, 0) is 38.5 Å². The molecule has 0 aliphatic rings. The van der Waals surface area contributed by atoms with Gasteiger partial charge in [0.1, 0.15) is 11.4 Å². The summed E-state index contributed by atoms with van der Waals surface area (Å²) in [5.41, 5.74) is -0.963. The van der Waals surface area contributed by atoms with Crippen molar-refractivity contribution in [2.24, 2.45) is 0 Å². The molecule has 1 aromatic carbocycles. The number of phenolic OH excluding ortho intramolecular Hbond substituents is 1. The number of hydrogen-bond donors (Lipinski definition) is 4. The number of sulfonamides is 1. The molecule has 1 amide bonds. The van der Waals surface area contributed by atoms with Gasteiger partial charge in [0.15, 0.2) is 6.04 Å². The zero-order chi connectivity index (χ0) is 18.7. The Bertz CT molecular complexity index is 738. The van der Waals surface area contributed by atoms with E-state index in [4.69, 9.17) is 4.74 Å². The normalized spacial score (nSPS) is 13.0. The van der Waals surface area contributed by atoms with E-state index in [1.54, 1.807) is 20.8 Å². The predicted octanol–water partition coefficient (Wildman–Crippen LogP) is 1.41. The van der Waals surface area contributed by atoms with Crippen LogP contribution in [0.3, 0.4) is 0 Å². The molecule has 1 aromatic rings. The number of carboxylic acid groups (broad SMARTS) is 1. The van der Waals surface area contributed by atoms with Crippen molar-refractivity contribution in [2.75, 3.05) is 11.0 Å². The molecule has 1 atom stereocenters. The Hall–Kier alpha value is -2.49. The Morgan fingerprint density at radius 2 is 1.83 bits per heavy atom. The molecule has 9 nitrogen and oxygen atoms in total. The number of carboxylic acids is 1. The summed E-state index contributed by atoms with van der Waals surface area (Å²) >= 11 is 0. The van der Waals surface area contributed by atoms with E-state index < -0.39 is 33.7 Å². The summed E-state index contributed by atoms with van der Waals surface area (Å²) in [5.74, 6) is -1.76. The summed E-state index contributed by atoms with van der Waals surface area (Å²) < 4.78 is 29.6. The van der Waals surface area contributed by atoms with Gasteiger partial charge in [0.05, 0.1) is 11.9 Å². The van der Waals surface area contributed by atoms with Gasteiger partial charge in [-0.25, -0.2) is 18.0 Å². The Labute approximate surface area is 139 Å². The van der Waals surface area contributed by atoms with Crippen LogP contribution >= 0.6 is 0 Å². The van der Waals surface area contributed by atoms with Gasteiger partial charge in [-0.2, -0.15) is 0 Å². The minimum absolute atomic E-state index is 0.0531. The Morgan fingerprint density at radius 3 is 2.29 bits per heavy atom. The summed E-state index contributed by atoms with van der Waals surface area (Å²) in [6, 6.07) is 2.00. The highest BCUT2D eigenvalue weighted by atomic mass is 32.2. The molecular weight excluding hydrogens is 340 g/mol. The van der Waals surface area contributed by atoms with Crippen molar-refractivity contribution in [3.8, 4) is 5.75 Å². The highest BCUT2D eigenvalue weighted by Crippen LogP contribution is 2.28. The number of carbonyl (C=O) groups is 2. The predicted molar refractivity (Wildman–Crippen MR) is 86.3 cm³/mol. The molecular formula is C14H20N2O7S. The van der Waals surface area contributed by atoms with Crippen LogP contribution in [-0.4, -0.2) is 42.6 Å². The highest BCUT2D eigenvalue weighted by molar-refractivity contribution is 7.92. The smallest absolute Gasteiger partial charge is 0.408 e. The molecule has 0 aliphatic carbocycles. The van der Waals surface area contributed by atoms with Crippen molar-refractivity contribution in [3.63, 3.8) is 0 Å². The van der Waals surface area contributed by atoms with E-state index in [1.807, 2.05) is 0 Å². The van der Waals surface area contributed by atoms with Crippen molar-refractivity contribution in [3.05, 3.63) is 23.8 Å². The standard InChI is InChI=1S/C14H20N2O7S/c1-14(2,3)23-13(20)15-11(12(18)19)8-5-6-10(17)9(7-8)16-24(4,21)22/h5-7,11,16-17H,1-4H3,(H,15,20)(H,18,19)/t11-/m1/s1. The number of nitrogens with one attached hydrogen (secondary N) is 2. The second kappa shape index (κ2) is 6.95. The van der Waals surface area contributed by atoms with Crippen LogP contribution in [-0.2, 0) is 19.6 Å². The van der Waals surface area contributed by atoms with Gasteiger partial charge in [0.25, 0.3) is 0 Å². The third-order valence-corrected chi connectivity index (χ3v) is 3.15. The molecule has 24 heavy (non-hydrogen) atoms. The lowest BCUT2D eigenvalue weighted by molar-refractivity contribution is -0.139. The van der Waals surface area contributed by atoms with Gasteiger partial charge < -0.3 is 20.3 Å². The van der Waals surface area contributed by atoms with Gasteiger partial charge in [0, 0.05) is 0 Å². The minimum atomic E-state index is -3.68.